The molecule has 0 amide bonds. The van der Waals surface area contributed by atoms with Crippen molar-refractivity contribution in [2.24, 2.45) is 45.2 Å². The molecule has 7 heteroatoms. The van der Waals surface area contributed by atoms with Crippen LogP contribution in [0.4, 0.5) is 0 Å². The summed E-state index contributed by atoms with van der Waals surface area (Å²) < 4.78 is 7.69. The van der Waals surface area contributed by atoms with Gasteiger partial charge in [-0.2, -0.15) is 0 Å². The third-order valence-corrected chi connectivity index (χ3v) is 10.3. The second-order valence-corrected chi connectivity index (χ2v) is 11.9. The first kappa shape index (κ1) is 24.1. The Kier molecular flexibility index (Phi) is 6.95. The predicted octanol–water partition coefficient (Wildman–Crippen LogP) is 4.54. The van der Waals surface area contributed by atoms with Gasteiger partial charge in [-0.05, 0) is 93.3 Å². The number of rotatable bonds is 8. The number of aromatic nitrogens is 3. The summed E-state index contributed by atoms with van der Waals surface area (Å²) in [5, 5.41) is 8.09. The minimum Gasteiger partial charge on any atom is -0.359 e. The summed E-state index contributed by atoms with van der Waals surface area (Å²) in [6.07, 6.45) is 14.4. The Morgan fingerprint density at radius 1 is 1.15 bits per heavy atom. The number of aliphatic imine (C=N–C) groups is 1. The maximum atomic E-state index is 12.6. The van der Waals surface area contributed by atoms with Crippen molar-refractivity contribution in [2.45, 2.75) is 97.6 Å². The average Bonchev–Trinajstić information content (AvgIpc) is 3.42. The Morgan fingerprint density at radius 2 is 2.03 bits per heavy atom. The van der Waals surface area contributed by atoms with Crippen molar-refractivity contribution in [3.05, 3.63) is 11.9 Å². The molecule has 4 aliphatic carbocycles. The highest BCUT2D eigenvalue weighted by Gasteiger charge is 2.59. The third kappa shape index (κ3) is 4.39. The summed E-state index contributed by atoms with van der Waals surface area (Å²) in [6.45, 7) is 7.38. The Hall–Kier alpha value is -1.60. The van der Waals surface area contributed by atoms with E-state index in [2.05, 4.69) is 24.2 Å². The fraction of sp³-hybridized carbons (Fsp3) is 0.852. The van der Waals surface area contributed by atoms with Crippen LogP contribution in [0, 0.1) is 34.5 Å². The number of unbranched alkanes of at least 4 members (excludes halogenated alkanes) is 1. The van der Waals surface area contributed by atoms with Gasteiger partial charge in [-0.1, -0.05) is 19.1 Å². The number of carbonyl (C=O) groups is 1. The van der Waals surface area contributed by atoms with Gasteiger partial charge in [0.1, 0.15) is 12.5 Å². The lowest BCUT2D eigenvalue weighted by Gasteiger charge is -2.59. The maximum Gasteiger partial charge on any atom is 0.139 e. The van der Waals surface area contributed by atoms with Crippen LogP contribution in [0.15, 0.2) is 11.2 Å². The van der Waals surface area contributed by atoms with Crippen LogP contribution in [0.2, 0.25) is 0 Å². The van der Waals surface area contributed by atoms with Crippen molar-refractivity contribution in [3.8, 4) is 0 Å². The molecular formula is C27H43N5O2. The number of carbonyl (C=O) groups excluding carboxylic acids is 1. The van der Waals surface area contributed by atoms with Crippen LogP contribution in [0.3, 0.4) is 0 Å². The number of ketones is 1. The average molecular weight is 470 g/mol. The van der Waals surface area contributed by atoms with E-state index >= 15 is 0 Å². The van der Waals surface area contributed by atoms with Crippen LogP contribution in [0.5, 0.6) is 0 Å². The quantitative estimate of drug-likeness (QED) is 0.564. The molecule has 4 aliphatic rings. The number of nitrogens with two attached hydrogens (primary N) is 1. The SMILES string of the molecule is C[C@]12CCC(=NCOCCCCn3cc(CN)nn3)CC1CCC1C2CC[C@]2(C)C(=O)CCC12. The molecule has 0 spiro atoms. The number of hydrogen-bond acceptors (Lipinski definition) is 6. The molecular weight excluding hydrogens is 426 g/mol. The topological polar surface area (TPSA) is 95.4 Å². The minimum atomic E-state index is -0.00826. The smallest absolute Gasteiger partial charge is 0.139 e. The van der Waals surface area contributed by atoms with Gasteiger partial charge in [0.2, 0.25) is 0 Å². The van der Waals surface area contributed by atoms with Gasteiger partial charge < -0.3 is 10.5 Å². The molecule has 0 aliphatic heterocycles. The maximum absolute atomic E-state index is 12.6. The fourth-order valence-corrected chi connectivity index (χ4v) is 8.20. The fourth-order valence-electron chi connectivity index (χ4n) is 8.20. The van der Waals surface area contributed by atoms with E-state index in [1.807, 2.05) is 10.9 Å². The molecule has 1 aromatic heterocycles. The molecule has 4 unspecified atom stereocenters. The molecule has 0 saturated heterocycles. The van der Waals surface area contributed by atoms with E-state index in [9.17, 15) is 4.79 Å². The molecule has 0 aromatic carbocycles. The lowest BCUT2D eigenvalue weighted by molar-refractivity contribution is -0.136. The molecule has 2 N–H and O–H groups in total. The molecule has 6 atom stereocenters. The highest BCUT2D eigenvalue weighted by atomic mass is 16.5. The van der Waals surface area contributed by atoms with Crippen molar-refractivity contribution in [1.29, 1.82) is 0 Å². The van der Waals surface area contributed by atoms with Gasteiger partial charge in [-0.3, -0.25) is 14.5 Å². The first-order valence-corrected chi connectivity index (χ1v) is 13.7. The van der Waals surface area contributed by atoms with Crippen molar-refractivity contribution in [1.82, 2.24) is 15.0 Å². The zero-order chi connectivity index (χ0) is 23.8. The lowest BCUT2D eigenvalue weighted by Crippen LogP contribution is -2.53. The molecule has 188 valence electrons. The second kappa shape index (κ2) is 9.81. The van der Waals surface area contributed by atoms with Crippen molar-refractivity contribution < 1.29 is 9.53 Å². The first-order chi connectivity index (χ1) is 16.4. The Balaban J connectivity index is 1.07. The molecule has 4 fully saturated rings. The number of fused-ring (bicyclic) bond motifs is 5. The standard InChI is InChI=1S/C27H43N5O2/c1-26-11-9-20(29-18-34-14-4-3-13-32-17-21(16-28)30-31-32)15-19(26)5-6-22-23-7-8-25(33)27(23,2)12-10-24(22)26/h17,19,22-24H,3-16,18,28H2,1-2H3/t19?,22?,23?,24?,26-,27-/m0/s1. The van der Waals surface area contributed by atoms with Crippen LogP contribution in [-0.2, 0) is 22.6 Å². The minimum absolute atomic E-state index is 0.00826. The van der Waals surface area contributed by atoms with Crippen LogP contribution in [0.25, 0.3) is 0 Å². The Bertz CT molecular complexity index is 913. The van der Waals surface area contributed by atoms with Gasteiger partial charge in [0.25, 0.3) is 0 Å². The number of Topliss-reactive ketones (excluding diaryl/α,β-unsaturated/α-hetero) is 1. The van der Waals surface area contributed by atoms with Gasteiger partial charge in [0.05, 0.1) is 5.69 Å². The van der Waals surface area contributed by atoms with Gasteiger partial charge in [-0.15, -0.1) is 5.10 Å². The number of ether oxygens (including phenoxy) is 1. The van der Waals surface area contributed by atoms with Crippen LogP contribution >= 0.6 is 0 Å². The van der Waals surface area contributed by atoms with E-state index in [1.165, 1.54) is 31.4 Å². The van der Waals surface area contributed by atoms with Crippen LogP contribution in [0.1, 0.15) is 90.2 Å². The monoisotopic (exact) mass is 469 g/mol. The molecule has 34 heavy (non-hydrogen) atoms. The molecule has 1 aromatic rings. The highest BCUT2D eigenvalue weighted by Crippen LogP contribution is 2.65. The third-order valence-electron chi connectivity index (χ3n) is 10.3. The van der Waals surface area contributed by atoms with Gasteiger partial charge in [-0.25, -0.2) is 0 Å². The summed E-state index contributed by atoms with van der Waals surface area (Å²) >= 11 is 0. The van der Waals surface area contributed by atoms with E-state index < -0.39 is 0 Å². The highest BCUT2D eigenvalue weighted by molar-refractivity contribution is 5.87. The van der Waals surface area contributed by atoms with Crippen molar-refractivity contribution in [3.63, 3.8) is 0 Å². The molecule has 5 rings (SSSR count). The van der Waals surface area contributed by atoms with Crippen molar-refractivity contribution in [2.75, 3.05) is 13.3 Å². The summed E-state index contributed by atoms with van der Waals surface area (Å²) in [5.74, 6) is 3.53. The lowest BCUT2D eigenvalue weighted by atomic mass is 9.45. The zero-order valence-electron chi connectivity index (χ0n) is 21.2. The molecule has 4 saturated carbocycles. The van der Waals surface area contributed by atoms with E-state index in [0.29, 0.717) is 30.4 Å². The van der Waals surface area contributed by atoms with Crippen LogP contribution in [-0.4, -0.2) is 39.8 Å². The van der Waals surface area contributed by atoms with E-state index in [-0.39, 0.29) is 5.41 Å². The molecule has 0 radical (unpaired) electrons. The van der Waals surface area contributed by atoms with E-state index in [0.717, 1.165) is 81.5 Å². The van der Waals surface area contributed by atoms with Gasteiger partial charge >= 0.3 is 0 Å². The molecule has 0 bridgehead atoms. The summed E-state index contributed by atoms with van der Waals surface area (Å²) in [4.78, 5) is 17.5. The van der Waals surface area contributed by atoms with E-state index in [4.69, 9.17) is 15.5 Å². The number of hydrogen-bond donors (Lipinski definition) is 1. The first-order valence-electron chi connectivity index (χ1n) is 13.7. The molecule has 1 heterocycles. The zero-order valence-corrected chi connectivity index (χ0v) is 21.2. The largest absolute Gasteiger partial charge is 0.359 e. The summed E-state index contributed by atoms with van der Waals surface area (Å²) in [5.41, 5.74) is 8.20. The Labute approximate surface area is 204 Å². The van der Waals surface area contributed by atoms with Gasteiger partial charge in [0, 0.05) is 43.4 Å². The van der Waals surface area contributed by atoms with Crippen molar-refractivity contribution >= 4 is 11.5 Å². The Morgan fingerprint density at radius 3 is 2.85 bits per heavy atom. The normalized spacial score (nSPS) is 38.6. The van der Waals surface area contributed by atoms with E-state index in [1.54, 1.807) is 0 Å². The number of aryl methyl sites for hydroxylation is 1. The molecule has 7 nitrogen and oxygen atoms in total. The predicted molar refractivity (Wildman–Crippen MR) is 132 cm³/mol. The summed E-state index contributed by atoms with van der Waals surface area (Å²) in [7, 11) is 0. The summed E-state index contributed by atoms with van der Waals surface area (Å²) in [6, 6.07) is 0. The van der Waals surface area contributed by atoms with Crippen LogP contribution < -0.4 is 5.73 Å². The second-order valence-electron chi connectivity index (χ2n) is 11.9. The number of nitrogens with zero attached hydrogens (tertiary/aromatic N) is 4. The van der Waals surface area contributed by atoms with Gasteiger partial charge in [0.15, 0.2) is 0 Å².